The van der Waals surface area contributed by atoms with Crippen molar-refractivity contribution in [2.75, 3.05) is 141 Å². The van der Waals surface area contributed by atoms with E-state index in [0.29, 0.717) is 177 Å². The number of carbonyl (C=O) groups is 4. The van der Waals surface area contributed by atoms with E-state index in [4.69, 9.17) is 48.3 Å². The van der Waals surface area contributed by atoms with Crippen LogP contribution in [0.15, 0.2) is 111 Å². The molecule has 0 spiro atoms. The van der Waals surface area contributed by atoms with Gasteiger partial charge in [0.2, 0.25) is 5.91 Å². The Kier molecular flexibility index (Phi) is 31.5. The van der Waals surface area contributed by atoms with Crippen LogP contribution in [0.1, 0.15) is 108 Å². The van der Waals surface area contributed by atoms with Gasteiger partial charge >= 0.3 is 5.69 Å². The van der Waals surface area contributed by atoms with Gasteiger partial charge in [-0.2, -0.15) is 0 Å². The molecule has 6 aromatic rings. The van der Waals surface area contributed by atoms with Gasteiger partial charge in [-0.25, -0.2) is 14.0 Å². The molecule has 8 rings (SSSR count). The Morgan fingerprint density at radius 1 is 0.733 bits per heavy atom. The number of amides is 1. The number of ketones is 3. The highest BCUT2D eigenvalue weighted by atomic mass is 32.2. The van der Waals surface area contributed by atoms with Crippen molar-refractivity contribution in [1.82, 2.24) is 29.2 Å². The summed E-state index contributed by atoms with van der Waals surface area (Å²) >= 11 is 0. The van der Waals surface area contributed by atoms with E-state index in [2.05, 4.69) is 25.2 Å². The quantitative estimate of drug-likeness (QED) is 0.0157. The van der Waals surface area contributed by atoms with Gasteiger partial charge in [0.05, 0.1) is 88.6 Å². The van der Waals surface area contributed by atoms with Crippen molar-refractivity contribution in [3.05, 3.63) is 123 Å². The maximum absolute atomic E-state index is 13.9. The number of fused-ring (bicyclic) bond motifs is 1. The molecule has 1 aliphatic heterocycles. The smallest absolute Gasteiger partial charge is 0.328 e. The van der Waals surface area contributed by atoms with Crippen LogP contribution in [0.3, 0.4) is 0 Å². The van der Waals surface area contributed by atoms with Gasteiger partial charge in [0.1, 0.15) is 28.8 Å². The van der Waals surface area contributed by atoms with E-state index in [1.165, 1.54) is 29.6 Å². The van der Waals surface area contributed by atoms with Crippen molar-refractivity contribution < 1.29 is 66.8 Å². The van der Waals surface area contributed by atoms with E-state index < -0.39 is 11.0 Å². The Labute approximate surface area is 595 Å². The number of Topliss-reactive ketones (excluding diaryl/α,β-unsaturated/α-hetero) is 3. The summed E-state index contributed by atoms with van der Waals surface area (Å²) < 4.78 is 66.5. The first kappa shape index (κ1) is 79.6. The average Bonchev–Trinajstić information content (AvgIpc) is 1.56. The Bertz CT molecular complexity index is 3940. The number of piperazine rings is 1. The lowest BCUT2D eigenvalue weighted by Crippen LogP contribution is -2.48. The fraction of sp³-hybridized carbons (Fsp3) is 0.480. The number of nitrogens with zero attached hydrogens (tertiary/aromatic N) is 6. The molecule has 6 N–H and O–H groups in total. The van der Waals surface area contributed by atoms with E-state index in [1.807, 2.05) is 89.2 Å². The molecule has 1 atom stereocenters. The number of hydrogen-bond acceptors (Lipinski definition) is 20. The predicted molar refractivity (Wildman–Crippen MR) is 395 cm³/mol. The van der Waals surface area contributed by atoms with Crippen molar-refractivity contribution in [3.63, 3.8) is 0 Å². The fourth-order valence-electron chi connectivity index (χ4n) is 11.9. The van der Waals surface area contributed by atoms with E-state index in [-0.39, 0.29) is 53.3 Å². The Morgan fingerprint density at radius 2 is 1.42 bits per heavy atom. The Hall–Kier alpha value is -8.76. The molecule has 101 heavy (non-hydrogen) atoms. The SMILES string of the molecule is CCCOc1cc(OCCCCN(C)CC(=O)CCCOCCOCCOCCC(=O)NCCN2CCN(c3ccc(-c4cc(NC(C)C)c(C=N)c(C(=O)CCC5=C(C)C=C(C)CC5=O)c4)cn3)CC2)cc(Oc2cc3c(cc2NS(=O)c2ccc(OC)c(OC)c2)n(C)c(=O)n3C)c1.O. The van der Waals surface area contributed by atoms with Crippen molar-refractivity contribution in [1.29, 1.82) is 5.41 Å². The maximum Gasteiger partial charge on any atom is 0.328 e. The summed E-state index contributed by atoms with van der Waals surface area (Å²) in [6, 6.07) is 21.7. The number of hydrogen-bond donors (Lipinski definition) is 4. The summed E-state index contributed by atoms with van der Waals surface area (Å²) in [5.74, 6) is 3.62. The van der Waals surface area contributed by atoms with Crippen LogP contribution in [0.4, 0.5) is 17.2 Å². The molecule has 1 amide bonds. The third-order valence-corrected chi connectivity index (χ3v) is 18.3. The molecular formula is C75H102N10O15S. The predicted octanol–water partition coefficient (Wildman–Crippen LogP) is 9.68. The number of ether oxygens (including phenoxy) is 8. The number of unbranched alkanes of at least 4 members (excludes halogenated alkanes) is 1. The van der Waals surface area contributed by atoms with Crippen LogP contribution < -0.4 is 49.6 Å². The van der Waals surface area contributed by atoms with E-state index in [9.17, 15) is 28.2 Å². The summed E-state index contributed by atoms with van der Waals surface area (Å²) in [5.41, 5.74) is 7.36. The number of benzene rings is 4. The zero-order chi connectivity index (χ0) is 71.7. The molecule has 1 unspecified atom stereocenters. The number of pyridine rings is 1. The number of aromatic nitrogens is 3. The molecule has 1 fully saturated rings. The molecule has 4 aromatic carbocycles. The number of nitrogens with one attached hydrogen (secondary N) is 4. The zero-order valence-electron chi connectivity index (χ0n) is 60.2. The number of carbonyl (C=O) groups excluding carboxylic acids is 4. The van der Waals surface area contributed by atoms with Crippen LogP contribution in [0.5, 0.6) is 34.5 Å². The average molecular weight is 1420 g/mol. The van der Waals surface area contributed by atoms with Crippen LogP contribution in [0, 0.1) is 5.41 Å². The molecule has 2 aromatic heterocycles. The number of likely N-dealkylation sites (N-methyl/N-ethyl adjacent to an activating group) is 1. The van der Waals surface area contributed by atoms with Gasteiger partial charge in [-0.05, 0) is 133 Å². The number of rotatable bonds is 43. The second-order valence-electron chi connectivity index (χ2n) is 25.4. The number of methoxy groups -OCH3 is 2. The topological polar surface area (TPSA) is 300 Å². The van der Waals surface area contributed by atoms with Crippen molar-refractivity contribution >= 4 is 68.7 Å². The molecule has 25 nitrogen and oxygen atoms in total. The van der Waals surface area contributed by atoms with Crippen molar-refractivity contribution in [2.45, 2.75) is 103 Å². The monoisotopic (exact) mass is 1410 g/mol. The highest BCUT2D eigenvalue weighted by Gasteiger charge is 2.25. The standard InChI is InChI=1S/C75H100N10O14S.H2O/c1-11-30-97-57-42-58(44-59(43-57)99-71-47-67-66(82(7)75(90)83(67)8)46-65(71)80-100(91)60-17-20-70(92-9)72(45-60)93-10)98-32-13-12-24-81(6)50-56(86)15-14-31-94-34-36-96-37-35-95-33-22-74(89)77-23-25-84-26-28-85(29-27-84)73-21-16-54(49-78-73)55-40-62(63(48-76)64(41-55)79-51(2)3)68(87)19-18-61-53(5)38-52(4)39-69(61)88;/h16-17,20-21,38,40-49,51,76,79-80H,11-15,18-19,22-37,39,50H2,1-10H3,(H,77,89);1H2. The first-order valence-corrected chi connectivity index (χ1v) is 35.6. The van der Waals surface area contributed by atoms with E-state index >= 15 is 0 Å². The van der Waals surface area contributed by atoms with Crippen LogP contribution in [-0.4, -0.2) is 196 Å². The minimum absolute atomic E-state index is 0. The molecule has 3 heterocycles. The number of anilines is 3. The lowest BCUT2D eigenvalue weighted by atomic mass is 9.88. The number of allylic oxidation sites excluding steroid dienone is 4. The zero-order valence-corrected chi connectivity index (χ0v) is 61.0. The first-order chi connectivity index (χ1) is 48.2. The van der Waals surface area contributed by atoms with Crippen molar-refractivity contribution in [3.8, 4) is 45.6 Å². The lowest BCUT2D eigenvalue weighted by molar-refractivity contribution is -0.122. The summed E-state index contributed by atoms with van der Waals surface area (Å²) in [4.78, 5) is 76.9. The Morgan fingerprint density at radius 3 is 2.08 bits per heavy atom. The fourth-order valence-corrected chi connectivity index (χ4v) is 12.8. The normalized spacial score (nSPS) is 13.6. The van der Waals surface area contributed by atoms with Gasteiger partial charge in [-0.1, -0.05) is 18.6 Å². The van der Waals surface area contributed by atoms with Crippen LogP contribution in [0.2, 0.25) is 0 Å². The van der Waals surface area contributed by atoms with Gasteiger partial charge in [0, 0.05) is 157 Å². The summed E-state index contributed by atoms with van der Waals surface area (Å²) in [6.45, 7) is 18.6. The summed E-state index contributed by atoms with van der Waals surface area (Å²) in [5, 5.41) is 14.7. The molecule has 2 aliphatic rings. The van der Waals surface area contributed by atoms with Gasteiger partial charge in [0.15, 0.2) is 39.8 Å². The van der Waals surface area contributed by atoms with E-state index in [1.54, 1.807) is 56.6 Å². The van der Waals surface area contributed by atoms with Gasteiger partial charge in [0.25, 0.3) is 0 Å². The van der Waals surface area contributed by atoms with E-state index in [0.717, 1.165) is 80.1 Å². The summed E-state index contributed by atoms with van der Waals surface area (Å²) in [7, 11) is 6.55. The maximum atomic E-state index is 13.9. The Balaban J connectivity index is 0.0000143. The molecule has 548 valence electrons. The molecule has 1 saturated heterocycles. The number of imidazole rings is 1. The molecule has 0 bridgehead atoms. The molecule has 1 aliphatic carbocycles. The molecule has 0 saturated carbocycles. The minimum atomic E-state index is -1.77. The highest BCUT2D eigenvalue weighted by Crippen LogP contribution is 2.39. The van der Waals surface area contributed by atoms with Crippen LogP contribution >= 0.6 is 0 Å². The van der Waals surface area contributed by atoms with Gasteiger partial charge in [-0.3, -0.25) is 42.8 Å². The van der Waals surface area contributed by atoms with Crippen molar-refractivity contribution in [2.24, 2.45) is 14.1 Å². The second kappa shape index (κ2) is 40.0. The van der Waals surface area contributed by atoms with Crippen LogP contribution in [0.25, 0.3) is 22.2 Å². The molecular weight excluding hydrogens is 1310 g/mol. The van der Waals surface area contributed by atoms with Crippen LogP contribution in [-0.2, 0) is 53.7 Å². The lowest BCUT2D eigenvalue weighted by Gasteiger charge is -2.35. The molecule has 26 heteroatoms. The second-order valence-corrected chi connectivity index (χ2v) is 26.6. The van der Waals surface area contributed by atoms with Gasteiger partial charge < -0.3 is 64.3 Å². The summed E-state index contributed by atoms with van der Waals surface area (Å²) in [6.07, 6.45) is 9.58. The minimum Gasteiger partial charge on any atom is -0.493 e. The third kappa shape index (κ3) is 23.4. The first-order valence-electron chi connectivity index (χ1n) is 34.5. The third-order valence-electron chi connectivity index (χ3n) is 17.2. The molecule has 0 radical (unpaired) electrons. The van der Waals surface area contributed by atoms with Gasteiger partial charge in [-0.15, -0.1) is 0 Å². The highest BCUT2D eigenvalue weighted by molar-refractivity contribution is 7.86. The number of aryl methyl sites for hydroxylation is 2. The largest absolute Gasteiger partial charge is 0.493 e.